The van der Waals surface area contributed by atoms with Crippen LogP contribution in [-0.4, -0.2) is 15.0 Å². The lowest BCUT2D eigenvalue weighted by atomic mass is 9.98. The van der Waals surface area contributed by atoms with E-state index < -0.39 is 6.04 Å². The number of benzene rings is 2. The van der Waals surface area contributed by atoms with E-state index >= 15 is 0 Å². The van der Waals surface area contributed by atoms with Gasteiger partial charge in [0, 0.05) is 5.56 Å². The summed E-state index contributed by atoms with van der Waals surface area (Å²) in [5, 5.41) is 3.23. The van der Waals surface area contributed by atoms with Crippen molar-refractivity contribution in [3.05, 3.63) is 70.6 Å². The van der Waals surface area contributed by atoms with Crippen LogP contribution in [0.1, 0.15) is 17.2 Å². The summed E-state index contributed by atoms with van der Waals surface area (Å²) in [6, 6.07) is 16.0. The molecule has 0 bridgehead atoms. The van der Waals surface area contributed by atoms with Gasteiger partial charge in [-0.2, -0.15) is 15.0 Å². The highest BCUT2D eigenvalue weighted by atomic mass is 16.3. The van der Waals surface area contributed by atoms with Crippen molar-refractivity contribution in [2.45, 2.75) is 6.04 Å². The predicted octanol–water partition coefficient (Wildman–Crippen LogP) is 2.56. The first-order chi connectivity index (χ1) is 11.2. The van der Waals surface area contributed by atoms with Crippen molar-refractivity contribution in [3.8, 4) is 11.4 Å². The van der Waals surface area contributed by atoms with Gasteiger partial charge in [-0.1, -0.05) is 59.8 Å². The summed E-state index contributed by atoms with van der Waals surface area (Å²) in [5.41, 5.74) is 13.5. The average Bonchev–Trinajstić information content (AvgIpc) is 2.56. The Kier molecular flexibility index (Phi) is 3.92. The Labute approximate surface area is 132 Å². The molecule has 0 saturated carbocycles. The summed E-state index contributed by atoms with van der Waals surface area (Å²) < 4.78 is 0. The van der Waals surface area contributed by atoms with Gasteiger partial charge in [-0.05, 0) is 11.1 Å². The molecule has 114 valence electrons. The molecule has 0 saturated heterocycles. The van der Waals surface area contributed by atoms with Gasteiger partial charge in [0.05, 0.1) is 0 Å². The lowest BCUT2D eigenvalue weighted by Crippen LogP contribution is -2.04. The fourth-order valence-electron chi connectivity index (χ4n) is 2.30. The van der Waals surface area contributed by atoms with E-state index in [-0.39, 0.29) is 11.9 Å². The van der Waals surface area contributed by atoms with Gasteiger partial charge >= 0.3 is 0 Å². The van der Waals surface area contributed by atoms with E-state index in [2.05, 4.69) is 20.1 Å². The molecular weight excluding hydrogens is 292 g/mol. The lowest BCUT2D eigenvalue weighted by molar-refractivity contribution is 0.863. The number of aromatic nitrogens is 3. The maximum Gasteiger partial charge on any atom is 0.225 e. The van der Waals surface area contributed by atoms with E-state index in [1.165, 1.54) is 0 Å². The highest BCUT2D eigenvalue weighted by molar-refractivity contribution is 5.58. The Bertz CT molecular complexity index is 799. The number of nitrogens with zero attached hydrogens (tertiary/aromatic N) is 4. The maximum atomic E-state index is 11.2. The molecule has 1 atom stereocenters. The topological polar surface area (TPSA) is 120 Å². The van der Waals surface area contributed by atoms with Gasteiger partial charge < -0.3 is 11.5 Å². The maximum absolute atomic E-state index is 11.2. The van der Waals surface area contributed by atoms with E-state index in [0.29, 0.717) is 5.82 Å². The van der Waals surface area contributed by atoms with Crippen molar-refractivity contribution in [1.29, 1.82) is 0 Å². The Morgan fingerprint density at radius 3 is 1.91 bits per heavy atom. The van der Waals surface area contributed by atoms with Crippen LogP contribution in [0.5, 0.6) is 0 Å². The lowest BCUT2D eigenvalue weighted by Gasteiger charge is -2.10. The predicted molar refractivity (Wildman–Crippen MR) is 88.2 cm³/mol. The van der Waals surface area contributed by atoms with Crippen LogP contribution in [0.2, 0.25) is 0 Å². The SMILES string of the molecule is Nc1nc(N)nc(-c2ccc(C(N=O)c3ccccc3)cc2)n1. The molecule has 3 rings (SSSR count). The van der Waals surface area contributed by atoms with Crippen molar-refractivity contribution in [3.63, 3.8) is 0 Å². The first kappa shape index (κ1) is 14.6. The quantitative estimate of drug-likeness (QED) is 0.715. The molecule has 23 heavy (non-hydrogen) atoms. The molecule has 2 aromatic carbocycles. The van der Waals surface area contributed by atoms with Gasteiger partial charge in [0.15, 0.2) is 5.82 Å². The summed E-state index contributed by atoms with van der Waals surface area (Å²) in [6.07, 6.45) is 0. The number of anilines is 2. The molecular formula is C16H14N6O. The van der Waals surface area contributed by atoms with Gasteiger partial charge in [-0.3, -0.25) is 0 Å². The van der Waals surface area contributed by atoms with Crippen molar-refractivity contribution in [2.75, 3.05) is 11.5 Å². The minimum atomic E-state index is -0.557. The zero-order valence-corrected chi connectivity index (χ0v) is 12.1. The molecule has 0 aliphatic rings. The molecule has 7 nitrogen and oxygen atoms in total. The third kappa shape index (κ3) is 3.13. The second-order valence-corrected chi connectivity index (χ2v) is 4.92. The standard InChI is InChI=1S/C16H14N6O/c17-15-19-14(20-16(18)21-15)12-8-6-11(7-9-12)13(22-23)10-4-2-1-3-5-10/h1-9,13H,(H4,17,18,19,20,21). The summed E-state index contributed by atoms with van der Waals surface area (Å²) in [6.45, 7) is 0. The molecule has 7 heteroatoms. The van der Waals surface area contributed by atoms with Gasteiger partial charge in [0.1, 0.15) is 6.04 Å². The van der Waals surface area contributed by atoms with Crippen molar-refractivity contribution < 1.29 is 0 Å². The normalized spacial score (nSPS) is 11.8. The van der Waals surface area contributed by atoms with Crippen LogP contribution < -0.4 is 11.5 Å². The first-order valence-electron chi connectivity index (χ1n) is 6.92. The fourth-order valence-corrected chi connectivity index (χ4v) is 2.30. The van der Waals surface area contributed by atoms with Crippen LogP contribution in [0.25, 0.3) is 11.4 Å². The van der Waals surface area contributed by atoms with Gasteiger partial charge in [-0.25, -0.2) is 0 Å². The molecule has 0 aliphatic carbocycles. The number of nitrogen functional groups attached to an aromatic ring is 2. The highest BCUT2D eigenvalue weighted by Gasteiger charge is 2.14. The Hall–Kier alpha value is -3.35. The van der Waals surface area contributed by atoms with Crippen molar-refractivity contribution in [2.24, 2.45) is 5.18 Å². The Balaban J connectivity index is 1.94. The molecule has 0 amide bonds. The van der Waals surface area contributed by atoms with Crippen molar-refractivity contribution in [1.82, 2.24) is 15.0 Å². The van der Waals surface area contributed by atoms with Gasteiger partial charge in [0.25, 0.3) is 0 Å². The highest BCUT2D eigenvalue weighted by Crippen LogP contribution is 2.27. The monoisotopic (exact) mass is 306 g/mol. The third-order valence-corrected chi connectivity index (χ3v) is 3.38. The van der Waals surface area contributed by atoms with Crippen LogP contribution in [0.3, 0.4) is 0 Å². The largest absolute Gasteiger partial charge is 0.368 e. The van der Waals surface area contributed by atoms with Crippen LogP contribution >= 0.6 is 0 Å². The van der Waals surface area contributed by atoms with E-state index in [9.17, 15) is 4.91 Å². The smallest absolute Gasteiger partial charge is 0.225 e. The summed E-state index contributed by atoms with van der Waals surface area (Å²) >= 11 is 0. The third-order valence-electron chi connectivity index (χ3n) is 3.38. The van der Waals surface area contributed by atoms with Gasteiger partial charge in [0.2, 0.25) is 11.9 Å². The number of nitroso groups, excluding NO2 is 1. The number of hydrogen-bond acceptors (Lipinski definition) is 7. The van der Waals surface area contributed by atoms with Crippen molar-refractivity contribution >= 4 is 11.9 Å². The molecule has 0 radical (unpaired) electrons. The van der Waals surface area contributed by atoms with E-state index in [1.54, 1.807) is 12.1 Å². The van der Waals surface area contributed by atoms with E-state index in [4.69, 9.17) is 11.5 Å². The van der Waals surface area contributed by atoms with E-state index in [1.807, 2.05) is 42.5 Å². The number of nitrogens with two attached hydrogens (primary N) is 2. The zero-order chi connectivity index (χ0) is 16.2. The fraction of sp³-hybridized carbons (Fsp3) is 0.0625. The number of rotatable bonds is 4. The molecule has 1 heterocycles. The molecule has 0 spiro atoms. The van der Waals surface area contributed by atoms with Gasteiger partial charge in [-0.15, -0.1) is 4.91 Å². The summed E-state index contributed by atoms with van der Waals surface area (Å²) in [4.78, 5) is 23.1. The second-order valence-electron chi connectivity index (χ2n) is 4.92. The molecule has 1 unspecified atom stereocenters. The first-order valence-corrected chi connectivity index (χ1v) is 6.92. The average molecular weight is 306 g/mol. The minimum absolute atomic E-state index is 0.0632. The molecule has 4 N–H and O–H groups in total. The van der Waals surface area contributed by atoms with Crippen LogP contribution in [0, 0.1) is 4.91 Å². The molecule has 0 fully saturated rings. The summed E-state index contributed by atoms with van der Waals surface area (Å²) in [7, 11) is 0. The number of hydrogen-bond donors (Lipinski definition) is 2. The van der Waals surface area contributed by atoms with Crippen LogP contribution in [-0.2, 0) is 0 Å². The second kappa shape index (κ2) is 6.18. The minimum Gasteiger partial charge on any atom is -0.368 e. The summed E-state index contributed by atoms with van der Waals surface area (Å²) in [5.74, 6) is 0.512. The Morgan fingerprint density at radius 1 is 0.783 bits per heavy atom. The Morgan fingerprint density at radius 2 is 1.35 bits per heavy atom. The zero-order valence-electron chi connectivity index (χ0n) is 12.1. The van der Waals surface area contributed by atoms with E-state index in [0.717, 1.165) is 16.7 Å². The molecule has 0 aliphatic heterocycles. The molecule has 3 aromatic rings. The van der Waals surface area contributed by atoms with Crippen LogP contribution in [0.4, 0.5) is 11.9 Å². The molecule has 1 aromatic heterocycles. The van der Waals surface area contributed by atoms with Crippen LogP contribution in [0.15, 0.2) is 59.8 Å².